The van der Waals surface area contributed by atoms with E-state index in [0.717, 1.165) is 16.9 Å². The van der Waals surface area contributed by atoms with Crippen LogP contribution in [0.5, 0.6) is 5.75 Å². The fourth-order valence-corrected chi connectivity index (χ4v) is 1.04. The van der Waals surface area contributed by atoms with E-state index in [9.17, 15) is 0 Å². The number of thiol groups is 1. The number of hydrogen-bond acceptors (Lipinski definition) is 2. The van der Waals surface area contributed by atoms with Crippen molar-refractivity contribution in [3.63, 3.8) is 0 Å². The minimum atomic E-state index is 0.550. The first-order valence-corrected chi connectivity index (χ1v) is 4.83. The average molecular weight is 194 g/mol. The lowest BCUT2D eigenvalue weighted by atomic mass is 10.2. The van der Waals surface area contributed by atoms with Crippen LogP contribution in [0.1, 0.15) is 5.56 Å². The quantitative estimate of drug-likeness (QED) is 0.573. The summed E-state index contributed by atoms with van der Waals surface area (Å²) in [5.41, 5.74) is 2.14. The van der Waals surface area contributed by atoms with Gasteiger partial charge in [-0.15, -0.1) is 0 Å². The van der Waals surface area contributed by atoms with Gasteiger partial charge in [-0.05, 0) is 24.1 Å². The number of ether oxygens (including phenoxy) is 1. The molecule has 0 atom stereocenters. The van der Waals surface area contributed by atoms with Crippen molar-refractivity contribution in [1.29, 1.82) is 0 Å². The van der Waals surface area contributed by atoms with Crippen LogP contribution in [0.15, 0.2) is 36.4 Å². The predicted octanol–water partition coefficient (Wildman–Crippen LogP) is 2.86. The highest BCUT2D eigenvalue weighted by molar-refractivity contribution is 7.80. The minimum absolute atomic E-state index is 0.550. The molecule has 0 saturated heterocycles. The lowest BCUT2D eigenvalue weighted by Gasteiger charge is -2.08. The lowest BCUT2D eigenvalue weighted by molar-refractivity contribution is 0.351. The first-order valence-electron chi connectivity index (χ1n) is 4.20. The van der Waals surface area contributed by atoms with Crippen LogP contribution in [0.2, 0.25) is 0 Å². The van der Waals surface area contributed by atoms with Crippen LogP contribution in [0.3, 0.4) is 0 Å². The maximum Gasteiger partial charge on any atom is 0.122 e. The van der Waals surface area contributed by atoms with Crippen LogP contribution in [0.4, 0.5) is 0 Å². The van der Waals surface area contributed by atoms with Crippen molar-refractivity contribution in [2.75, 3.05) is 12.4 Å². The van der Waals surface area contributed by atoms with Gasteiger partial charge in [-0.1, -0.05) is 24.8 Å². The molecule has 0 N–H and O–H groups in total. The summed E-state index contributed by atoms with van der Waals surface area (Å²) in [5, 5.41) is 0. The van der Waals surface area contributed by atoms with Crippen LogP contribution in [0.25, 0.3) is 0 Å². The molecule has 0 aliphatic heterocycles. The molecule has 1 aromatic rings. The number of benzene rings is 1. The first-order chi connectivity index (χ1) is 6.24. The Kier molecular flexibility index (Phi) is 3.90. The number of rotatable bonds is 4. The van der Waals surface area contributed by atoms with Gasteiger partial charge in [-0.25, -0.2) is 0 Å². The standard InChI is InChI=1S/C11H14OS/c1-9(8-13)7-12-11-6-4-3-5-10(11)2/h3-6,13H,1,7-8H2,2H3. The smallest absolute Gasteiger partial charge is 0.122 e. The third kappa shape index (κ3) is 3.15. The molecule has 70 valence electrons. The van der Waals surface area contributed by atoms with Crippen molar-refractivity contribution >= 4 is 12.6 Å². The van der Waals surface area contributed by atoms with Gasteiger partial charge in [0.05, 0.1) is 0 Å². The minimum Gasteiger partial charge on any atom is -0.489 e. The highest BCUT2D eigenvalue weighted by Gasteiger charge is 1.97. The zero-order valence-electron chi connectivity index (χ0n) is 7.79. The van der Waals surface area contributed by atoms with Gasteiger partial charge < -0.3 is 4.74 Å². The zero-order chi connectivity index (χ0) is 9.68. The molecule has 0 heterocycles. The van der Waals surface area contributed by atoms with E-state index in [1.165, 1.54) is 0 Å². The Morgan fingerprint density at radius 3 is 2.77 bits per heavy atom. The van der Waals surface area contributed by atoms with E-state index in [0.29, 0.717) is 12.4 Å². The summed E-state index contributed by atoms with van der Waals surface area (Å²) < 4.78 is 5.54. The van der Waals surface area contributed by atoms with E-state index in [-0.39, 0.29) is 0 Å². The van der Waals surface area contributed by atoms with Crippen molar-refractivity contribution in [3.8, 4) is 5.75 Å². The van der Waals surface area contributed by atoms with E-state index < -0.39 is 0 Å². The molecule has 0 fully saturated rings. The molecule has 0 aliphatic rings. The van der Waals surface area contributed by atoms with Gasteiger partial charge >= 0.3 is 0 Å². The van der Waals surface area contributed by atoms with Gasteiger partial charge in [0.2, 0.25) is 0 Å². The summed E-state index contributed by atoms with van der Waals surface area (Å²) in [7, 11) is 0. The normalized spacial score (nSPS) is 9.69. The molecule has 0 radical (unpaired) electrons. The van der Waals surface area contributed by atoms with E-state index in [4.69, 9.17) is 4.74 Å². The fraction of sp³-hybridized carbons (Fsp3) is 0.273. The highest BCUT2D eigenvalue weighted by Crippen LogP contribution is 2.16. The third-order valence-electron chi connectivity index (χ3n) is 1.75. The fourth-order valence-electron chi connectivity index (χ4n) is 0.944. The summed E-state index contributed by atoms with van der Waals surface area (Å²) in [6, 6.07) is 7.95. The Balaban J connectivity index is 2.54. The topological polar surface area (TPSA) is 9.23 Å². The van der Waals surface area contributed by atoms with Gasteiger partial charge in [-0.2, -0.15) is 12.6 Å². The first kappa shape index (κ1) is 10.2. The Hall–Kier alpha value is -0.890. The second-order valence-corrected chi connectivity index (χ2v) is 3.28. The number of para-hydroxylation sites is 1. The monoisotopic (exact) mass is 194 g/mol. The summed E-state index contributed by atoms with van der Waals surface area (Å²) in [5.74, 6) is 1.59. The predicted molar refractivity (Wildman–Crippen MR) is 59.7 cm³/mol. The molecule has 1 nitrogen and oxygen atoms in total. The second kappa shape index (κ2) is 4.97. The van der Waals surface area contributed by atoms with Gasteiger partial charge in [0.15, 0.2) is 0 Å². The second-order valence-electron chi connectivity index (χ2n) is 2.96. The largest absolute Gasteiger partial charge is 0.489 e. The maximum absolute atomic E-state index is 5.54. The van der Waals surface area contributed by atoms with Crippen molar-refractivity contribution < 1.29 is 4.74 Å². The van der Waals surface area contributed by atoms with E-state index in [1.807, 2.05) is 31.2 Å². The van der Waals surface area contributed by atoms with Crippen LogP contribution in [-0.4, -0.2) is 12.4 Å². The SMILES string of the molecule is C=C(CS)COc1ccccc1C. The lowest BCUT2D eigenvalue weighted by Crippen LogP contribution is -2.02. The van der Waals surface area contributed by atoms with E-state index in [1.54, 1.807) is 0 Å². The summed E-state index contributed by atoms with van der Waals surface area (Å²) in [6.45, 7) is 6.39. The zero-order valence-corrected chi connectivity index (χ0v) is 8.68. The molecule has 2 heteroatoms. The van der Waals surface area contributed by atoms with Crippen molar-refractivity contribution in [2.45, 2.75) is 6.92 Å². The Morgan fingerprint density at radius 2 is 2.15 bits per heavy atom. The number of aryl methyl sites for hydroxylation is 1. The summed E-state index contributed by atoms with van der Waals surface area (Å²) in [4.78, 5) is 0. The van der Waals surface area contributed by atoms with Gasteiger partial charge in [0.25, 0.3) is 0 Å². The van der Waals surface area contributed by atoms with Crippen molar-refractivity contribution in [3.05, 3.63) is 42.0 Å². The molecule has 13 heavy (non-hydrogen) atoms. The van der Waals surface area contributed by atoms with Crippen molar-refractivity contribution in [1.82, 2.24) is 0 Å². The average Bonchev–Trinajstić information content (AvgIpc) is 2.16. The number of hydrogen-bond donors (Lipinski definition) is 1. The molecule has 0 amide bonds. The van der Waals surface area contributed by atoms with Crippen LogP contribution in [0, 0.1) is 6.92 Å². The molecule has 1 aromatic carbocycles. The molecule has 0 saturated carbocycles. The summed E-state index contributed by atoms with van der Waals surface area (Å²) >= 11 is 4.11. The highest BCUT2D eigenvalue weighted by atomic mass is 32.1. The molecule has 0 aromatic heterocycles. The maximum atomic E-state index is 5.54. The molecule has 0 aliphatic carbocycles. The third-order valence-corrected chi connectivity index (χ3v) is 2.20. The Labute approximate surface area is 84.8 Å². The molecule has 0 spiro atoms. The Bertz CT molecular complexity index is 294. The van der Waals surface area contributed by atoms with Crippen LogP contribution in [-0.2, 0) is 0 Å². The van der Waals surface area contributed by atoms with Crippen molar-refractivity contribution in [2.24, 2.45) is 0 Å². The van der Waals surface area contributed by atoms with Gasteiger partial charge in [0.1, 0.15) is 12.4 Å². The molecule has 0 unspecified atom stereocenters. The van der Waals surface area contributed by atoms with E-state index in [2.05, 4.69) is 19.2 Å². The van der Waals surface area contributed by atoms with Gasteiger partial charge in [0, 0.05) is 5.75 Å². The summed E-state index contributed by atoms with van der Waals surface area (Å²) in [6.07, 6.45) is 0. The molecule has 0 bridgehead atoms. The van der Waals surface area contributed by atoms with E-state index >= 15 is 0 Å². The molecule has 1 rings (SSSR count). The van der Waals surface area contributed by atoms with Crippen LogP contribution < -0.4 is 4.74 Å². The van der Waals surface area contributed by atoms with Gasteiger partial charge in [-0.3, -0.25) is 0 Å². The Morgan fingerprint density at radius 1 is 1.46 bits per heavy atom. The molecular formula is C11H14OS. The molecular weight excluding hydrogens is 180 g/mol. The van der Waals surface area contributed by atoms with Crippen LogP contribution >= 0.6 is 12.6 Å².